The molecule has 174 valence electrons. The molecule has 1 amide bonds. The van der Waals surface area contributed by atoms with Crippen molar-refractivity contribution in [2.24, 2.45) is 0 Å². The Labute approximate surface area is 194 Å². The number of ether oxygens (including phenoxy) is 2. The van der Waals surface area contributed by atoms with Crippen LogP contribution in [0, 0.1) is 0 Å². The zero-order chi connectivity index (χ0) is 23.4. The first-order valence-electron chi connectivity index (χ1n) is 11.3. The summed E-state index contributed by atoms with van der Waals surface area (Å²) in [6, 6.07) is 11.7. The van der Waals surface area contributed by atoms with E-state index in [0.29, 0.717) is 29.8 Å². The van der Waals surface area contributed by atoms with Gasteiger partial charge in [-0.1, -0.05) is 19.1 Å². The molecule has 0 aliphatic carbocycles. The molecule has 8 nitrogen and oxygen atoms in total. The van der Waals surface area contributed by atoms with Crippen molar-refractivity contribution in [3.63, 3.8) is 0 Å². The average Bonchev–Trinajstić information content (AvgIpc) is 2.84. The van der Waals surface area contributed by atoms with Gasteiger partial charge in [0.2, 0.25) is 5.91 Å². The minimum atomic E-state index is -0.0342. The zero-order valence-corrected chi connectivity index (χ0v) is 19.6. The normalized spacial score (nSPS) is 14.8. The second-order valence-corrected chi connectivity index (χ2v) is 8.32. The van der Waals surface area contributed by atoms with Crippen molar-refractivity contribution >= 4 is 28.3 Å². The Hall–Kier alpha value is -3.39. The number of hydrogen-bond donors (Lipinski definition) is 2. The van der Waals surface area contributed by atoms with E-state index in [2.05, 4.69) is 22.6 Å². The Morgan fingerprint density at radius 3 is 2.52 bits per heavy atom. The molecule has 4 rings (SSSR count). The van der Waals surface area contributed by atoms with Crippen molar-refractivity contribution in [1.29, 1.82) is 0 Å². The first-order valence-corrected chi connectivity index (χ1v) is 11.3. The first kappa shape index (κ1) is 22.8. The Kier molecular flexibility index (Phi) is 6.93. The molecule has 0 bridgehead atoms. The van der Waals surface area contributed by atoms with E-state index < -0.39 is 0 Å². The monoisotopic (exact) mass is 449 g/mol. The lowest BCUT2D eigenvalue weighted by molar-refractivity contribution is -0.115. The number of carbonyl (C=O) groups excluding carboxylic acids is 1. The van der Waals surface area contributed by atoms with Crippen LogP contribution in [-0.4, -0.2) is 61.2 Å². The number of nitrogens with zero attached hydrogens (tertiary/aromatic N) is 3. The molecule has 0 unspecified atom stereocenters. The van der Waals surface area contributed by atoms with Crippen LogP contribution in [0.1, 0.15) is 26.2 Å². The van der Waals surface area contributed by atoms with E-state index in [9.17, 15) is 4.79 Å². The van der Waals surface area contributed by atoms with Crippen molar-refractivity contribution in [3.8, 4) is 22.9 Å². The predicted molar refractivity (Wildman–Crippen MR) is 131 cm³/mol. The highest BCUT2D eigenvalue weighted by Gasteiger charge is 2.20. The summed E-state index contributed by atoms with van der Waals surface area (Å²) >= 11 is 0. The third kappa shape index (κ3) is 5.17. The SMILES string of the molecule is CCC(=O)Nc1cccc(-c2nc(NC3CCN(C)CC3)c3cc(OC)c(OC)cc3n2)c1. The predicted octanol–water partition coefficient (Wildman–Crippen LogP) is 4.17. The highest BCUT2D eigenvalue weighted by molar-refractivity contribution is 5.94. The molecule has 1 aliphatic heterocycles. The number of hydrogen-bond acceptors (Lipinski definition) is 7. The Bertz CT molecular complexity index is 1140. The molecule has 1 aliphatic rings. The van der Waals surface area contributed by atoms with Gasteiger partial charge in [0.15, 0.2) is 17.3 Å². The highest BCUT2D eigenvalue weighted by Crippen LogP contribution is 2.36. The van der Waals surface area contributed by atoms with E-state index in [1.54, 1.807) is 14.2 Å². The van der Waals surface area contributed by atoms with E-state index in [4.69, 9.17) is 19.4 Å². The van der Waals surface area contributed by atoms with Gasteiger partial charge in [0.1, 0.15) is 5.82 Å². The first-order chi connectivity index (χ1) is 16.0. The summed E-state index contributed by atoms with van der Waals surface area (Å²) in [7, 11) is 5.39. The van der Waals surface area contributed by atoms with Crippen LogP contribution >= 0.6 is 0 Å². The van der Waals surface area contributed by atoms with Gasteiger partial charge in [0.05, 0.1) is 19.7 Å². The number of rotatable bonds is 7. The van der Waals surface area contributed by atoms with Crippen molar-refractivity contribution in [3.05, 3.63) is 36.4 Å². The number of nitrogens with one attached hydrogen (secondary N) is 2. The number of carbonyl (C=O) groups is 1. The number of anilines is 2. The number of benzene rings is 2. The minimum absolute atomic E-state index is 0.0342. The topological polar surface area (TPSA) is 88.6 Å². The van der Waals surface area contributed by atoms with Crippen molar-refractivity contribution in [2.75, 3.05) is 45.0 Å². The molecule has 1 fully saturated rings. The molecule has 1 saturated heterocycles. The molecule has 2 heterocycles. The molecule has 0 radical (unpaired) electrons. The molecule has 0 atom stereocenters. The summed E-state index contributed by atoms with van der Waals surface area (Å²) in [4.78, 5) is 23.9. The number of aromatic nitrogens is 2. The number of piperidine rings is 1. The molecule has 2 N–H and O–H groups in total. The third-order valence-electron chi connectivity index (χ3n) is 5.99. The van der Waals surface area contributed by atoms with Gasteiger partial charge >= 0.3 is 0 Å². The maximum Gasteiger partial charge on any atom is 0.224 e. The summed E-state index contributed by atoms with van der Waals surface area (Å²) in [5.74, 6) is 2.57. The third-order valence-corrected chi connectivity index (χ3v) is 5.99. The molecule has 3 aromatic rings. The van der Waals surface area contributed by atoms with Gasteiger partial charge in [0.25, 0.3) is 0 Å². The number of likely N-dealkylation sites (tertiary alicyclic amines) is 1. The van der Waals surface area contributed by atoms with Crippen LogP contribution in [0.4, 0.5) is 11.5 Å². The van der Waals surface area contributed by atoms with E-state index in [-0.39, 0.29) is 5.91 Å². The lowest BCUT2D eigenvalue weighted by atomic mass is 10.1. The molecule has 8 heteroatoms. The van der Waals surface area contributed by atoms with Crippen LogP contribution in [-0.2, 0) is 4.79 Å². The molecule has 2 aromatic carbocycles. The Balaban J connectivity index is 1.78. The number of amides is 1. The van der Waals surface area contributed by atoms with Gasteiger partial charge in [-0.25, -0.2) is 9.97 Å². The summed E-state index contributed by atoms with van der Waals surface area (Å²) in [5.41, 5.74) is 2.31. The minimum Gasteiger partial charge on any atom is -0.493 e. The van der Waals surface area contributed by atoms with Gasteiger partial charge in [-0.2, -0.15) is 0 Å². The maximum atomic E-state index is 11.9. The van der Waals surface area contributed by atoms with Crippen LogP contribution < -0.4 is 20.1 Å². The molecule has 0 saturated carbocycles. The fourth-order valence-electron chi connectivity index (χ4n) is 4.03. The van der Waals surface area contributed by atoms with Gasteiger partial charge in [0, 0.05) is 35.2 Å². The van der Waals surface area contributed by atoms with Crippen LogP contribution in [0.3, 0.4) is 0 Å². The van der Waals surface area contributed by atoms with Gasteiger partial charge < -0.3 is 25.0 Å². The van der Waals surface area contributed by atoms with Crippen LogP contribution in [0.2, 0.25) is 0 Å². The Morgan fingerprint density at radius 2 is 1.82 bits per heavy atom. The largest absolute Gasteiger partial charge is 0.493 e. The van der Waals surface area contributed by atoms with Crippen molar-refractivity contribution in [1.82, 2.24) is 14.9 Å². The number of fused-ring (bicyclic) bond motifs is 1. The zero-order valence-electron chi connectivity index (χ0n) is 19.6. The van der Waals surface area contributed by atoms with E-state index in [0.717, 1.165) is 53.9 Å². The quantitative estimate of drug-likeness (QED) is 0.560. The van der Waals surface area contributed by atoms with Crippen LogP contribution in [0.5, 0.6) is 11.5 Å². The second kappa shape index (κ2) is 10.0. The molecule has 33 heavy (non-hydrogen) atoms. The van der Waals surface area contributed by atoms with Crippen LogP contribution in [0.15, 0.2) is 36.4 Å². The van der Waals surface area contributed by atoms with E-state index in [1.165, 1.54) is 0 Å². The van der Waals surface area contributed by atoms with Gasteiger partial charge in [-0.15, -0.1) is 0 Å². The summed E-state index contributed by atoms with van der Waals surface area (Å²) in [6.07, 6.45) is 2.51. The molecule has 1 aromatic heterocycles. The number of methoxy groups -OCH3 is 2. The summed E-state index contributed by atoms with van der Waals surface area (Å²) in [5, 5.41) is 7.44. The second-order valence-electron chi connectivity index (χ2n) is 8.32. The molecular formula is C25H31N5O3. The molecule has 0 spiro atoms. The Morgan fingerprint density at radius 1 is 1.09 bits per heavy atom. The van der Waals surface area contributed by atoms with Crippen LogP contribution in [0.25, 0.3) is 22.3 Å². The highest BCUT2D eigenvalue weighted by atomic mass is 16.5. The van der Waals surface area contributed by atoms with E-state index in [1.807, 2.05) is 43.3 Å². The smallest absolute Gasteiger partial charge is 0.224 e. The van der Waals surface area contributed by atoms with Crippen molar-refractivity contribution < 1.29 is 14.3 Å². The van der Waals surface area contributed by atoms with E-state index >= 15 is 0 Å². The maximum absolute atomic E-state index is 11.9. The van der Waals surface area contributed by atoms with Gasteiger partial charge in [-0.05, 0) is 51.2 Å². The lowest BCUT2D eigenvalue weighted by Crippen LogP contribution is -2.37. The van der Waals surface area contributed by atoms with Gasteiger partial charge in [-0.3, -0.25) is 4.79 Å². The van der Waals surface area contributed by atoms with Crippen molar-refractivity contribution in [2.45, 2.75) is 32.2 Å². The standard InChI is InChI=1S/C25H31N5O3/c1-5-23(31)26-18-8-6-7-16(13-18)24-28-20-15-22(33-4)21(32-3)14-19(20)25(29-24)27-17-9-11-30(2)12-10-17/h6-8,13-15,17H,5,9-12H2,1-4H3,(H,26,31)(H,27,28,29). The summed E-state index contributed by atoms with van der Waals surface area (Å²) in [6.45, 7) is 3.92. The fourth-order valence-corrected chi connectivity index (χ4v) is 4.03. The summed E-state index contributed by atoms with van der Waals surface area (Å²) < 4.78 is 11.0. The lowest BCUT2D eigenvalue weighted by Gasteiger charge is -2.30. The fraction of sp³-hybridized carbons (Fsp3) is 0.400. The average molecular weight is 450 g/mol. The molecular weight excluding hydrogens is 418 g/mol.